The summed E-state index contributed by atoms with van der Waals surface area (Å²) >= 11 is 0. The predicted octanol–water partition coefficient (Wildman–Crippen LogP) is 3.91. The third-order valence-corrected chi connectivity index (χ3v) is 2.45. The second-order valence-electron chi connectivity index (χ2n) is 3.62. The highest BCUT2D eigenvalue weighted by Crippen LogP contribution is 2.19. The van der Waals surface area contributed by atoms with Gasteiger partial charge in [0.2, 0.25) is 0 Å². The van der Waals surface area contributed by atoms with Crippen LogP contribution in [0.15, 0.2) is 48.7 Å². The van der Waals surface area contributed by atoms with Crippen molar-refractivity contribution in [3.8, 4) is 0 Å². The van der Waals surface area contributed by atoms with E-state index in [2.05, 4.69) is 56.5 Å². The van der Waals surface area contributed by atoms with Crippen molar-refractivity contribution in [1.82, 2.24) is 0 Å². The monoisotopic (exact) mass is 201 g/mol. The smallest absolute Gasteiger partial charge is 0.0408 e. The quantitative estimate of drug-likeness (QED) is 0.667. The molecule has 0 aromatic heterocycles. The van der Waals surface area contributed by atoms with Crippen molar-refractivity contribution < 1.29 is 0 Å². The van der Waals surface area contributed by atoms with Crippen LogP contribution in [0, 0.1) is 6.92 Å². The highest BCUT2D eigenvalue weighted by atomic mass is 15.1. The first-order chi connectivity index (χ1) is 7.19. The van der Waals surface area contributed by atoms with Crippen LogP contribution >= 0.6 is 0 Å². The first kappa shape index (κ1) is 11.6. The van der Waals surface area contributed by atoms with E-state index in [0.717, 1.165) is 6.54 Å². The van der Waals surface area contributed by atoms with Gasteiger partial charge in [0.25, 0.3) is 0 Å². The summed E-state index contributed by atoms with van der Waals surface area (Å²) in [6, 6.07) is 8.58. The van der Waals surface area contributed by atoms with Gasteiger partial charge in [-0.2, -0.15) is 0 Å². The Hall–Kier alpha value is -1.50. The lowest BCUT2D eigenvalue weighted by atomic mass is 10.2. The average molecular weight is 201 g/mol. The molecule has 0 spiro atoms. The minimum Gasteiger partial charge on any atom is -0.346 e. The number of allylic oxidation sites excluding steroid dienone is 3. The number of hydrogen-bond donors (Lipinski definition) is 0. The second kappa shape index (κ2) is 5.40. The predicted molar refractivity (Wildman–Crippen MR) is 68.2 cm³/mol. The van der Waals surface area contributed by atoms with Crippen molar-refractivity contribution in [3.63, 3.8) is 0 Å². The Bertz CT molecular complexity index is 346. The van der Waals surface area contributed by atoms with E-state index >= 15 is 0 Å². The van der Waals surface area contributed by atoms with Gasteiger partial charge in [-0.05, 0) is 39.0 Å². The molecule has 0 saturated heterocycles. The van der Waals surface area contributed by atoms with Crippen LogP contribution < -0.4 is 4.90 Å². The summed E-state index contributed by atoms with van der Waals surface area (Å²) in [4.78, 5) is 2.26. The van der Waals surface area contributed by atoms with Crippen LogP contribution in [0.2, 0.25) is 0 Å². The molecule has 0 aliphatic rings. The molecule has 0 amide bonds. The molecule has 1 aromatic carbocycles. The van der Waals surface area contributed by atoms with Crippen LogP contribution in [-0.2, 0) is 0 Å². The number of nitrogens with zero attached hydrogens (tertiary/aromatic N) is 1. The van der Waals surface area contributed by atoms with Gasteiger partial charge in [-0.1, -0.05) is 30.4 Å². The molecule has 0 aliphatic heterocycles. The van der Waals surface area contributed by atoms with E-state index in [-0.39, 0.29) is 0 Å². The number of rotatable bonds is 4. The normalized spacial score (nSPS) is 11.3. The SMILES string of the molecule is C=C/C=C(/C)N(CC)c1ccc(C)cc1. The largest absolute Gasteiger partial charge is 0.346 e. The Morgan fingerprint density at radius 3 is 2.40 bits per heavy atom. The lowest BCUT2D eigenvalue weighted by Gasteiger charge is -2.23. The summed E-state index contributed by atoms with van der Waals surface area (Å²) in [6.45, 7) is 11.1. The zero-order valence-corrected chi connectivity index (χ0v) is 9.83. The summed E-state index contributed by atoms with van der Waals surface area (Å²) in [5.74, 6) is 0. The van der Waals surface area contributed by atoms with E-state index in [1.54, 1.807) is 0 Å². The molecule has 0 aliphatic carbocycles. The molecule has 0 heterocycles. The summed E-state index contributed by atoms with van der Waals surface area (Å²) in [5, 5.41) is 0. The number of aryl methyl sites for hydroxylation is 1. The maximum absolute atomic E-state index is 3.72. The van der Waals surface area contributed by atoms with Gasteiger partial charge in [-0.15, -0.1) is 0 Å². The molecular weight excluding hydrogens is 182 g/mol. The topological polar surface area (TPSA) is 3.24 Å². The van der Waals surface area contributed by atoms with E-state index in [1.165, 1.54) is 16.9 Å². The maximum Gasteiger partial charge on any atom is 0.0408 e. The van der Waals surface area contributed by atoms with E-state index in [1.807, 2.05) is 12.2 Å². The zero-order chi connectivity index (χ0) is 11.3. The lowest BCUT2D eigenvalue weighted by molar-refractivity contribution is 0.953. The van der Waals surface area contributed by atoms with Gasteiger partial charge < -0.3 is 4.90 Å². The van der Waals surface area contributed by atoms with Gasteiger partial charge in [0, 0.05) is 17.9 Å². The van der Waals surface area contributed by atoms with Gasteiger partial charge in [0.05, 0.1) is 0 Å². The van der Waals surface area contributed by atoms with Gasteiger partial charge in [0.15, 0.2) is 0 Å². The Morgan fingerprint density at radius 2 is 1.93 bits per heavy atom. The Balaban J connectivity index is 2.97. The van der Waals surface area contributed by atoms with Crippen molar-refractivity contribution >= 4 is 5.69 Å². The van der Waals surface area contributed by atoms with Crippen LogP contribution in [0.4, 0.5) is 5.69 Å². The van der Waals surface area contributed by atoms with Crippen molar-refractivity contribution in [2.45, 2.75) is 20.8 Å². The molecule has 0 saturated carbocycles. The lowest BCUT2D eigenvalue weighted by Crippen LogP contribution is -2.19. The van der Waals surface area contributed by atoms with Gasteiger partial charge in [-0.3, -0.25) is 0 Å². The second-order valence-corrected chi connectivity index (χ2v) is 3.62. The van der Waals surface area contributed by atoms with Crippen molar-refractivity contribution in [3.05, 3.63) is 54.3 Å². The van der Waals surface area contributed by atoms with E-state index < -0.39 is 0 Å². The molecule has 1 nitrogen and oxygen atoms in total. The number of hydrogen-bond acceptors (Lipinski definition) is 1. The molecule has 1 rings (SSSR count). The fourth-order valence-corrected chi connectivity index (χ4v) is 1.62. The summed E-state index contributed by atoms with van der Waals surface area (Å²) < 4.78 is 0. The van der Waals surface area contributed by atoms with Crippen LogP contribution in [0.1, 0.15) is 19.4 Å². The molecule has 0 N–H and O–H groups in total. The summed E-state index contributed by atoms with van der Waals surface area (Å²) in [6.07, 6.45) is 3.86. The molecular formula is C14H19N. The zero-order valence-electron chi connectivity index (χ0n) is 9.83. The molecule has 0 atom stereocenters. The molecule has 1 aromatic rings. The average Bonchev–Trinajstić information content (AvgIpc) is 2.22. The minimum atomic E-state index is 0.971. The van der Waals surface area contributed by atoms with Crippen LogP contribution in [0.5, 0.6) is 0 Å². The highest BCUT2D eigenvalue weighted by molar-refractivity contribution is 5.52. The molecule has 0 bridgehead atoms. The fraction of sp³-hybridized carbons (Fsp3) is 0.286. The first-order valence-electron chi connectivity index (χ1n) is 5.32. The molecule has 15 heavy (non-hydrogen) atoms. The van der Waals surface area contributed by atoms with E-state index in [0.29, 0.717) is 0 Å². The van der Waals surface area contributed by atoms with E-state index in [9.17, 15) is 0 Å². The van der Waals surface area contributed by atoms with Crippen LogP contribution in [0.25, 0.3) is 0 Å². The minimum absolute atomic E-state index is 0.971. The van der Waals surface area contributed by atoms with Crippen molar-refractivity contribution in [2.75, 3.05) is 11.4 Å². The Kier molecular flexibility index (Phi) is 4.17. The van der Waals surface area contributed by atoms with Gasteiger partial charge >= 0.3 is 0 Å². The standard InChI is InChI=1S/C14H19N/c1-5-7-13(4)15(6-2)14-10-8-12(3)9-11-14/h5,7-11H,1,6H2,2-4H3/b13-7-. The third kappa shape index (κ3) is 2.98. The molecule has 80 valence electrons. The maximum atomic E-state index is 3.72. The molecule has 0 fully saturated rings. The number of benzene rings is 1. The van der Waals surface area contributed by atoms with Crippen molar-refractivity contribution in [1.29, 1.82) is 0 Å². The van der Waals surface area contributed by atoms with Crippen LogP contribution in [-0.4, -0.2) is 6.54 Å². The van der Waals surface area contributed by atoms with E-state index in [4.69, 9.17) is 0 Å². The first-order valence-corrected chi connectivity index (χ1v) is 5.32. The Labute approximate surface area is 92.7 Å². The summed E-state index contributed by atoms with van der Waals surface area (Å²) in [7, 11) is 0. The van der Waals surface area contributed by atoms with Crippen LogP contribution in [0.3, 0.4) is 0 Å². The number of anilines is 1. The van der Waals surface area contributed by atoms with Crippen molar-refractivity contribution in [2.24, 2.45) is 0 Å². The summed E-state index contributed by atoms with van der Waals surface area (Å²) in [5.41, 5.74) is 3.75. The third-order valence-electron chi connectivity index (χ3n) is 2.45. The highest BCUT2D eigenvalue weighted by Gasteiger charge is 2.04. The molecule has 0 unspecified atom stereocenters. The molecule has 0 radical (unpaired) electrons. The van der Waals surface area contributed by atoms with Gasteiger partial charge in [-0.25, -0.2) is 0 Å². The van der Waals surface area contributed by atoms with Gasteiger partial charge in [0.1, 0.15) is 0 Å². The fourth-order valence-electron chi connectivity index (χ4n) is 1.62. The molecule has 1 heteroatoms. The Morgan fingerprint density at radius 1 is 1.33 bits per heavy atom.